The van der Waals surface area contributed by atoms with Gasteiger partial charge in [0.05, 0.1) is 25.1 Å². The minimum atomic E-state index is -0.360. The van der Waals surface area contributed by atoms with E-state index in [1.807, 2.05) is 53.1 Å². The van der Waals surface area contributed by atoms with Crippen LogP contribution in [0.4, 0.5) is 5.82 Å². The highest BCUT2D eigenvalue weighted by atomic mass is 16.5. The number of pyridine rings is 1. The first-order chi connectivity index (χ1) is 12.8. The van der Waals surface area contributed by atoms with Gasteiger partial charge in [0.25, 0.3) is 0 Å². The fourth-order valence-electron chi connectivity index (χ4n) is 2.71. The van der Waals surface area contributed by atoms with E-state index in [4.69, 9.17) is 9.15 Å². The van der Waals surface area contributed by atoms with Gasteiger partial charge in [0.2, 0.25) is 11.3 Å². The topological polar surface area (TPSA) is 71.7 Å². The van der Waals surface area contributed by atoms with Gasteiger partial charge in [0.15, 0.2) is 5.76 Å². The number of carbonyl (C=O) groups is 1. The highest BCUT2D eigenvalue weighted by molar-refractivity contribution is 5.91. The van der Waals surface area contributed by atoms with Gasteiger partial charge in [-0.05, 0) is 30.3 Å². The molecule has 26 heavy (non-hydrogen) atoms. The number of hydrogen-bond acceptors (Lipinski definition) is 4. The number of aromatic amines is 1. The smallest absolute Gasteiger partial charge is 0.337 e. The molecule has 0 amide bonds. The number of methoxy groups -OCH3 is 1. The lowest BCUT2D eigenvalue weighted by Crippen LogP contribution is -2.17. The minimum Gasteiger partial charge on any atom is -0.465 e. The van der Waals surface area contributed by atoms with Crippen LogP contribution in [-0.2, 0) is 4.74 Å². The van der Waals surface area contributed by atoms with Crippen molar-refractivity contribution < 1.29 is 18.3 Å². The Morgan fingerprint density at radius 3 is 2.73 bits per heavy atom. The van der Waals surface area contributed by atoms with Crippen molar-refractivity contribution in [1.29, 1.82) is 0 Å². The van der Waals surface area contributed by atoms with E-state index in [-0.39, 0.29) is 5.97 Å². The van der Waals surface area contributed by atoms with Crippen molar-refractivity contribution in [2.75, 3.05) is 7.11 Å². The first-order valence-corrected chi connectivity index (χ1v) is 8.05. The molecule has 0 spiro atoms. The standard InChI is InChI=1S/C20H15N3O3/c1-25-20(24)15-9-7-14(8-10-15)13-21-19-18(16-5-4-12-26-16)22-17-6-2-3-11-23(17)19/h2-13H,1H3/p+1. The van der Waals surface area contributed by atoms with Gasteiger partial charge < -0.3 is 9.15 Å². The fourth-order valence-corrected chi connectivity index (χ4v) is 2.71. The minimum absolute atomic E-state index is 0.360. The van der Waals surface area contributed by atoms with Crippen LogP contribution in [0.5, 0.6) is 0 Å². The molecule has 4 rings (SSSR count). The molecule has 0 fully saturated rings. The van der Waals surface area contributed by atoms with E-state index in [0.29, 0.717) is 11.3 Å². The summed E-state index contributed by atoms with van der Waals surface area (Å²) in [5.41, 5.74) is 3.08. The molecule has 0 saturated carbocycles. The third-order valence-electron chi connectivity index (χ3n) is 4.00. The molecule has 0 aliphatic rings. The fraction of sp³-hybridized carbons (Fsp3) is 0.0500. The van der Waals surface area contributed by atoms with Gasteiger partial charge in [0, 0.05) is 11.6 Å². The highest BCUT2D eigenvalue weighted by Crippen LogP contribution is 2.27. The van der Waals surface area contributed by atoms with Crippen molar-refractivity contribution in [3.63, 3.8) is 0 Å². The number of nitrogens with zero attached hydrogens (tertiary/aromatic N) is 2. The van der Waals surface area contributed by atoms with E-state index in [2.05, 4.69) is 9.98 Å². The van der Waals surface area contributed by atoms with Gasteiger partial charge >= 0.3 is 11.8 Å². The average molecular weight is 346 g/mol. The Balaban J connectivity index is 1.73. The van der Waals surface area contributed by atoms with E-state index in [9.17, 15) is 4.79 Å². The number of nitrogens with one attached hydrogen (secondary N) is 1. The lowest BCUT2D eigenvalue weighted by atomic mass is 10.1. The van der Waals surface area contributed by atoms with Crippen LogP contribution in [0.3, 0.4) is 0 Å². The molecule has 0 bridgehead atoms. The van der Waals surface area contributed by atoms with Gasteiger partial charge in [-0.2, -0.15) is 4.40 Å². The third kappa shape index (κ3) is 2.88. The first-order valence-electron chi connectivity index (χ1n) is 8.05. The maximum absolute atomic E-state index is 11.5. The summed E-state index contributed by atoms with van der Waals surface area (Å²) in [5, 5.41) is 0. The van der Waals surface area contributed by atoms with Crippen molar-refractivity contribution in [2.45, 2.75) is 0 Å². The van der Waals surface area contributed by atoms with E-state index >= 15 is 0 Å². The zero-order chi connectivity index (χ0) is 17.9. The van der Waals surface area contributed by atoms with Crippen LogP contribution in [0.25, 0.3) is 17.1 Å². The zero-order valence-corrected chi connectivity index (χ0v) is 14.0. The highest BCUT2D eigenvalue weighted by Gasteiger charge is 2.21. The number of fused-ring (bicyclic) bond motifs is 1. The molecule has 1 aromatic carbocycles. The van der Waals surface area contributed by atoms with Crippen LogP contribution in [0.2, 0.25) is 0 Å². The number of H-pyrrole nitrogens is 1. The molecule has 0 radical (unpaired) electrons. The third-order valence-corrected chi connectivity index (χ3v) is 4.00. The Labute approximate surface area is 149 Å². The molecule has 6 heteroatoms. The summed E-state index contributed by atoms with van der Waals surface area (Å²) in [6, 6.07) is 16.7. The Hall–Kier alpha value is -3.67. The Bertz CT molecular complexity index is 1080. The molecule has 0 unspecified atom stereocenters. The van der Waals surface area contributed by atoms with Crippen molar-refractivity contribution in [2.24, 2.45) is 4.99 Å². The number of benzene rings is 1. The SMILES string of the molecule is COC(=O)c1ccc(C=Nc2c(-c3ccco3)[nH]c3cccc[n+]23)cc1. The number of carbonyl (C=O) groups excluding carboxylic acids is 1. The van der Waals surface area contributed by atoms with E-state index in [0.717, 1.165) is 22.7 Å². The van der Waals surface area contributed by atoms with Gasteiger partial charge in [0.1, 0.15) is 6.21 Å². The number of rotatable bonds is 4. The quantitative estimate of drug-likeness (QED) is 0.349. The van der Waals surface area contributed by atoms with Crippen molar-refractivity contribution in [3.05, 3.63) is 78.2 Å². The van der Waals surface area contributed by atoms with Gasteiger partial charge in [-0.15, -0.1) is 4.99 Å². The Morgan fingerprint density at radius 1 is 1.15 bits per heavy atom. The van der Waals surface area contributed by atoms with E-state index in [1.54, 1.807) is 24.6 Å². The molecule has 3 aromatic heterocycles. The number of hydrogen-bond donors (Lipinski definition) is 1. The Morgan fingerprint density at radius 2 is 2.00 bits per heavy atom. The van der Waals surface area contributed by atoms with Gasteiger partial charge in [-0.1, -0.05) is 18.2 Å². The molecule has 3 heterocycles. The molecule has 0 aliphatic carbocycles. The maximum atomic E-state index is 11.5. The molecule has 0 atom stereocenters. The van der Waals surface area contributed by atoms with Crippen LogP contribution in [0, 0.1) is 0 Å². The summed E-state index contributed by atoms with van der Waals surface area (Å²) < 4.78 is 12.2. The lowest BCUT2D eigenvalue weighted by Gasteiger charge is -1.98. The van der Waals surface area contributed by atoms with Crippen LogP contribution in [0.1, 0.15) is 15.9 Å². The number of aromatic nitrogens is 2. The first kappa shape index (κ1) is 15.8. The second kappa shape index (κ2) is 6.68. The zero-order valence-electron chi connectivity index (χ0n) is 14.0. The summed E-state index contributed by atoms with van der Waals surface area (Å²) >= 11 is 0. The van der Waals surface area contributed by atoms with Crippen molar-refractivity contribution in [3.8, 4) is 11.5 Å². The lowest BCUT2D eigenvalue weighted by molar-refractivity contribution is -0.495. The van der Waals surface area contributed by atoms with Crippen molar-refractivity contribution >= 4 is 23.6 Å². The van der Waals surface area contributed by atoms with Crippen molar-refractivity contribution in [1.82, 2.24) is 4.98 Å². The summed E-state index contributed by atoms with van der Waals surface area (Å²) in [7, 11) is 1.36. The summed E-state index contributed by atoms with van der Waals surface area (Å²) in [4.78, 5) is 19.5. The largest absolute Gasteiger partial charge is 0.465 e. The van der Waals surface area contributed by atoms with Crippen LogP contribution in [0.15, 0.2) is 76.5 Å². The normalized spacial score (nSPS) is 11.3. The number of imidazole rings is 1. The Kier molecular flexibility index (Phi) is 4.07. The van der Waals surface area contributed by atoms with E-state index in [1.165, 1.54) is 7.11 Å². The van der Waals surface area contributed by atoms with Gasteiger partial charge in [-0.3, -0.25) is 4.98 Å². The molecule has 1 N–H and O–H groups in total. The van der Waals surface area contributed by atoms with Crippen LogP contribution < -0.4 is 4.40 Å². The maximum Gasteiger partial charge on any atom is 0.337 e. The van der Waals surface area contributed by atoms with Gasteiger partial charge in [-0.25, -0.2) is 4.79 Å². The predicted molar refractivity (Wildman–Crippen MR) is 96.7 cm³/mol. The second-order valence-corrected chi connectivity index (χ2v) is 5.63. The monoisotopic (exact) mass is 346 g/mol. The molecule has 4 aromatic rings. The average Bonchev–Trinajstić information content (AvgIpc) is 3.34. The predicted octanol–water partition coefficient (Wildman–Crippen LogP) is 3.55. The molecule has 0 saturated heterocycles. The van der Waals surface area contributed by atoms with Crippen LogP contribution >= 0.6 is 0 Å². The molecule has 0 aliphatic heterocycles. The molecular weight excluding hydrogens is 330 g/mol. The second-order valence-electron chi connectivity index (χ2n) is 5.63. The summed E-state index contributed by atoms with van der Waals surface area (Å²) in [5.74, 6) is 1.08. The molecule has 6 nitrogen and oxygen atoms in total. The number of ether oxygens (including phenoxy) is 1. The summed E-state index contributed by atoms with van der Waals surface area (Å²) in [6.45, 7) is 0. The molecular formula is C20H16N3O3+. The summed E-state index contributed by atoms with van der Waals surface area (Å²) in [6.07, 6.45) is 5.31. The number of esters is 1. The molecule has 128 valence electrons. The van der Waals surface area contributed by atoms with Crippen LogP contribution in [-0.4, -0.2) is 24.3 Å². The number of furan rings is 1. The van der Waals surface area contributed by atoms with E-state index < -0.39 is 0 Å². The number of aliphatic imine (C=N–C) groups is 1.